The molecule has 0 aromatic heterocycles. The summed E-state index contributed by atoms with van der Waals surface area (Å²) in [5.74, 6) is -0.857. The van der Waals surface area contributed by atoms with Crippen molar-refractivity contribution in [3.8, 4) is 0 Å². The Morgan fingerprint density at radius 3 is 2.40 bits per heavy atom. The molecule has 0 unspecified atom stereocenters. The summed E-state index contributed by atoms with van der Waals surface area (Å²) in [7, 11) is -0.0301. The average Bonchev–Trinajstić information content (AvgIpc) is 2.65. The molecule has 2 rings (SSSR count). The minimum absolute atomic E-state index is 0.185. The number of nitrogens with one attached hydrogen (secondary N) is 1. The van der Waals surface area contributed by atoms with E-state index >= 15 is 0 Å². The number of methoxy groups -OCH3 is 1. The minimum atomic E-state index is -1.27. The third kappa shape index (κ3) is 5.41. The molecule has 0 saturated heterocycles. The number of esters is 1. The van der Waals surface area contributed by atoms with Crippen molar-refractivity contribution < 1.29 is 18.5 Å². The summed E-state index contributed by atoms with van der Waals surface area (Å²) in [5.41, 5.74) is 0.266. The molecule has 0 radical (unpaired) electrons. The van der Waals surface area contributed by atoms with E-state index in [4.69, 9.17) is 16.3 Å². The molecule has 0 heterocycles. The van der Waals surface area contributed by atoms with Gasteiger partial charge in [0.1, 0.15) is 6.04 Å². The van der Waals surface area contributed by atoms with E-state index in [1.165, 1.54) is 7.11 Å². The van der Waals surface area contributed by atoms with Crippen molar-refractivity contribution in [2.45, 2.75) is 17.4 Å². The molecule has 7 heteroatoms. The molecule has 2 atom stereocenters. The number of hydrogen-bond acceptors (Lipinski definition) is 4. The van der Waals surface area contributed by atoms with Crippen molar-refractivity contribution in [2.75, 3.05) is 12.9 Å². The van der Waals surface area contributed by atoms with Gasteiger partial charge < -0.3 is 10.1 Å². The smallest absolute Gasteiger partial charge is 0.328 e. The van der Waals surface area contributed by atoms with E-state index < -0.39 is 28.7 Å². The lowest BCUT2D eigenvalue weighted by Gasteiger charge is -2.16. The Labute approximate surface area is 153 Å². The van der Waals surface area contributed by atoms with Crippen LogP contribution in [0.1, 0.15) is 16.8 Å². The molecule has 2 aromatic rings. The first-order chi connectivity index (χ1) is 12.0. The van der Waals surface area contributed by atoms with Crippen molar-refractivity contribution in [1.29, 1.82) is 0 Å². The van der Waals surface area contributed by atoms with Crippen molar-refractivity contribution in [2.24, 2.45) is 0 Å². The molecule has 0 saturated carbocycles. The Bertz CT molecular complexity index is 767. The van der Waals surface area contributed by atoms with Crippen LogP contribution >= 0.6 is 11.6 Å². The Hall–Kier alpha value is -2.18. The largest absolute Gasteiger partial charge is 0.467 e. The van der Waals surface area contributed by atoms with Gasteiger partial charge in [0, 0.05) is 10.6 Å². The number of hydrogen-bond donors (Lipinski definition) is 1. The Morgan fingerprint density at radius 1 is 1.12 bits per heavy atom. The van der Waals surface area contributed by atoms with Crippen LogP contribution in [0.3, 0.4) is 0 Å². The molecule has 0 aliphatic carbocycles. The molecule has 0 bridgehead atoms. The summed E-state index contributed by atoms with van der Waals surface area (Å²) in [6.07, 6.45) is 0.185. The zero-order valence-electron chi connectivity index (χ0n) is 13.6. The van der Waals surface area contributed by atoms with Crippen molar-refractivity contribution in [3.63, 3.8) is 0 Å². The highest BCUT2D eigenvalue weighted by atomic mass is 35.5. The van der Waals surface area contributed by atoms with E-state index in [0.717, 1.165) is 0 Å². The summed E-state index contributed by atoms with van der Waals surface area (Å²) in [6.45, 7) is 0. The second-order valence-electron chi connectivity index (χ2n) is 5.18. The Morgan fingerprint density at radius 2 is 1.76 bits per heavy atom. The van der Waals surface area contributed by atoms with E-state index in [-0.39, 0.29) is 22.8 Å². The van der Waals surface area contributed by atoms with Crippen molar-refractivity contribution in [3.05, 3.63) is 65.2 Å². The Balaban J connectivity index is 2.04. The molecular formula is C18H18ClNO4S. The second kappa shape index (κ2) is 9.34. The van der Waals surface area contributed by atoms with Crippen LogP contribution in [0.15, 0.2) is 59.5 Å². The fourth-order valence-electron chi connectivity index (χ4n) is 2.19. The first-order valence-corrected chi connectivity index (χ1v) is 9.29. The highest BCUT2D eigenvalue weighted by Crippen LogP contribution is 2.15. The van der Waals surface area contributed by atoms with Crippen LogP contribution in [-0.4, -0.2) is 35.0 Å². The van der Waals surface area contributed by atoms with E-state index in [1.54, 1.807) is 48.5 Å². The predicted molar refractivity (Wildman–Crippen MR) is 97.1 cm³/mol. The predicted octanol–water partition coefficient (Wildman–Crippen LogP) is 2.81. The number of carbonyl (C=O) groups excluding carboxylic acids is 2. The molecule has 1 amide bonds. The number of carbonyl (C=O) groups is 2. The van der Waals surface area contributed by atoms with Gasteiger partial charge in [0.25, 0.3) is 5.91 Å². The van der Waals surface area contributed by atoms with Crippen LogP contribution in [0.4, 0.5) is 0 Å². The van der Waals surface area contributed by atoms with Crippen LogP contribution < -0.4 is 5.32 Å². The molecule has 0 fully saturated rings. The average molecular weight is 380 g/mol. The van der Waals surface area contributed by atoms with E-state index in [0.29, 0.717) is 4.90 Å². The van der Waals surface area contributed by atoms with E-state index in [2.05, 4.69) is 5.32 Å². The lowest BCUT2D eigenvalue weighted by Crippen LogP contribution is -2.42. The maximum atomic E-state index is 12.3. The summed E-state index contributed by atoms with van der Waals surface area (Å²) in [5, 5.41) is 2.89. The molecule has 1 N–H and O–H groups in total. The van der Waals surface area contributed by atoms with Gasteiger partial charge in [-0.1, -0.05) is 41.9 Å². The number of halogens is 1. The van der Waals surface area contributed by atoms with E-state index in [1.807, 2.05) is 6.07 Å². The standard InChI is InChI=1S/C18H18ClNO4S/c1-24-18(22)16(11-12-25(23)13-7-3-2-4-8-13)20-17(21)14-9-5-6-10-15(14)19/h2-10,16H,11-12H2,1H3,(H,20,21)/t16-,25-/m1/s1. The normalized spacial score (nSPS) is 12.9. The van der Waals surface area contributed by atoms with E-state index in [9.17, 15) is 13.8 Å². The van der Waals surface area contributed by atoms with Gasteiger partial charge in [-0.2, -0.15) is 0 Å². The molecule has 0 aliphatic rings. The van der Waals surface area contributed by atoms with Gasteiger partial charge in [0.15, 0.2) is 0 Å². The van der Waals surface area contributed by atoms with Crippen LogP contribution in [-0.2, 0) is 20.3 Å². The van der Waals surface area contributed by atoms with Gasteiger partial charge >= 0.3 is 5.97 Å². The summed E-state index contributed by atoms with van der Waals surface area (Å²) in [6, 6.07) is 14.6. The van der Waals surface area contributed by atoms with Gasteiger partial charge in [-0.3, -0.25) is 9.00 Å². The highest BCUT2D eigenvalue weighted by molar-refractivity contribution is 7.85. The van der Waals surface area contributed by atoms with Gasteiger partial charge in [0.2, 0.25) is 0 Å². The SMILES string of the molecule is COC(=O)[C@@H](CC[S@@](=O)c1ccccc1)NC(=O)c1ccccc1Cl. The van der Waals surface area contributed by atoms with Crippen LogP contribution in [0.2, 0.25) is 5.02 Å². The maximum Gasteiger partial charge on any atom is 0.328 e. The number of rotatable bonds is 7. The fourth-order valence-corrected chi connectivity index (χ4v) is 3.56. The monoisotopic (exact) mass is 379 g/mol. The molecule has 132 valence electrons. The topological polar surface area (TPSA) is 72.5 Å². The lowest BCUT2D eigenvalue weighted by atomic mass is 10.1. The molecule has 25 heavy (non-hydrogen) atoms. The molecule has 5 nitrogen and oxygen atoms in total. The lowest BCUT2D eigenvalue weighted by molar-refractivity contribution is -0.142. The van der Waals surface area contributed by atoms with Crippen LogP contribution in [0, 0.1) is 0 Å². The maximum absolute atomic E-state index is 12.3. The number of amides is 1. The second-order valence-corrected chi connectivity index (χ2v) is 7.16. The minimum Gasteiger partial charge on any atom is -0.467 e. The number of ether oxygens (including phenoxy) is 1. The van der Waals surface area contributed by atoms with Crippen LogP contribution in [0.5, 0.6) is 0 Å². The third-order valence-electron chi connectivity index (χ3n) is 3.51. The quantitative estimate of drug-likeness (QED) is 0.751. The molecule has 0 spiro atoms. The summed E-state index contributed by atoms with van der Waals surface area (Å²) < 4.78 is 17.0. The zero-order valence-corrected chi connectivity index (χ0v) is 15.2. The third-order valence-corrected chi connectivity index (χ3v) is 5.24. The van der Waals surface area contributed by atoms with Gasteiger partial charge in [0.05, 0.1) is 28.5 Å². The first kappa shape index (κ1) is 19.1. The first-order valence-electron chi connectivity index (χ1n) is 7.59. The number of benzene rings is 2. The summed E-state index contributed by atoms with van der Waals surface area (Å²) in [4.78, 5) is 24.9. The Kier molecular flexibility index (Phi) is 7.16. The highest BCUT2D eigenvalue weighted by Gasteiger charge is 2.23. The molecular weight excluding hydrogens is 362 g/mol. The van der Waals surface area contributed by atoms with Gasteiger partial charge in [-0.25, -0.2) is 4.79 Å². The van der Waals surface area contributed by atoms with Crippen molar-refractivity contribution >= 4 is 34.3 Å². The molecule has 0 aliphatic heterocycles. The van der Waals surface area contributed by atoms with Gasteiger partial charge in [-0.15, -0.1) is 0 Å². The fraction of sp³-hybridized carbons (Fsp3) is 0.222. The molecule has 2 aromatic carbocycles. The van der Waals surface area contributed by atoms with Crippen LogP contribution in [0.25, 0.3) is 0 Å². The van der Waals surface area contributed by atoms with Crippen molar-refractivity contribution in [1.82, 2.24) is 5.32 Å². The van der Waals surface area contributed by atoms with Gasteiger partial charge in [-0.05, 0) is 30.7 Å². The summed E-state index contributed by atoms with van der Waals surface area (Å²) >= 11 is 6.00. The zero-order chi connectivity index (χ0) is 18.2.